The minimum Gasteiger partial charge on any atom is -0.372 e. The van der Waals surface area contributed by atoms with Crippen molar-refractivity contribution >= 4 is 6.29 Å². The van der Waals surface area contributed by atoms with E-state index in [-0.39, 0.29) is 0 Å². The van der Waals surface area contributed by atoms with Crippen molar-refractivity contribution in [3.05, 3.63) is 34.9 Å². The summed E-state index contributed by atoms with van der Waals surface area (Å²) in [6, 6.07) is 5.70. The Bertz CT molecular complexity index is 292. The first-order chi connectivity index (χ1) is 5.42. The van der Waals surface area contributed by atoms with Gasteiger partial charge in [-0.25, -0.2) is 0 Å². The Kier molecular flexibility index (Phi) is 1.47. The molecule has 2 heteroatoms. The highest BCUT2D eigenvalue weighted by molar-refractivity contribution is 5.78. The molecule has 0 bridgehead atoms. The number of rotatable bonds is 1. The Morgan fingerprint density at radius 3 is 3.09 bits per heavy atom. The zero-order valence-electron chi connectivity index (χ0n) is 6.04. The van der Waals surface area contributed by atoms with E-state index in [4.69, 9.17) is 4.74 Å². The van der Waals surface area contributed by atoms with Crippen LogP contribution in [0.3, 0.4) is 0 Å². The van der Waals surface area contributed by atoms with E-state index in [0.29, 0.717) is 13.2 Å². The van der Waals surface area contributed by atoms with E-state index >= 15 is 0 Å². The van der Waals surface area contributed by atoms with Gasteiger partial charge in [0, 0.05) is 5.56 Å². The van der Waals surface area contributed by atoms with Gasteiger partial charge >= 0.3 is 0 Å². The zero-order chi connectivity index (χ0) is 7.68. The van der Waals surface area contributed by atoms with E-state index < -0.39 is 0 Å². The molecule has 1 aliphatic heterocycles. The lowest BCUT2D eigenvalue weighted by molar-refractivity contribution is 0.111. The lowest BCUT2D eigenvalue weighted by atomic mass is 10.1. The number of carbonyl (C=O) groups is 1. The smallest absolute Gasteiger partial charge is 0.150 e. The summed E-state index contributed by atoms with van der Waals surface area (Å²) in [6.45, 7) is 1.24. The molecular weight excluding hydrogens is 140 g/mol. The van der Waals surface area contributed by atoms with Gasteiger partial charge in [0.2, 0.25) is 0 Å². The Morgan fingerprint density at radius 1 is 1.36 bits per heavy atom. The van der Waals surface area contributed by atoms with Gasteiger partial charge in [-0.3, -0.25) is 4.79 Å². The van der Waals surface area contributed by atoms with Gasteiger partial charge in [-0.15, -0.1) is 0 Å². The fraction of sp³-hybridized carbons (Fsp3) is 0.222. The fourth-order valence-electron chi connectivity index (χ4n) is 1.34. The van der Waals surface area contributed by atoms with Crippen molar-refractivity contribution in [1.29, 1.82) is 0 Å². The summed E-state index contributed by atoms with van der Waals surface area (Å²) >= 11 is 0. The molecule has 1 heterocycles. The van der Waals surface area contributed by atoms with Crippen molar-refractivity contribution < 1.29 is 9.53 Å². The number of benzene rings is 1. The molecule has 0 saturated carbocycles. The molecule has 0 aromatic heterocycles. The van der Waals surface area contributed by atoms with Crippen LogP contribution in [0.1, 0.15) is 21.5 Å². The third kappa shape index (κ3) is 0.955. The first-order valence-corrected chi connectivity index (χ1v) is 3.55. The van der Waals surface area contributed by atoms with Crippen LogP contribution >= 0.6 is 0 Å². The van der Waals surface area contributed by atoms with E-state index in [1.165, 1.54) is 0 Å². The van der Waals surface area contributed by atoms with Gasteiger partial charge in [0.25, 0.3) is 0 Å². The third-order valence-electron chi connectivity index (χ3n) is 1.94. The monoisotopic (exact) mass is 148 g/mol. The highest BCUT2D eigenvalue weighted by Crippen LogP contribution is 2.21. The number of carbonyl (C=O) groups excluding carboxylic acids is 1. The van der Waals surface area contributed by atoms with Crippen LogP contribution in [-0.2, 0) is 18.0 Å². The van der Waals surface area contributed by atoms with Crippen LogP contribution in [0.4, 0.5) is 0 Å². The van der Waals surface area contributed by atoms with Crippen LogP contribution < -0.4 is 0 Å². The third-order valence-corrected chi connectivity index (χ3v) is 1.94. The molecule has 0 saturated heterocycles. The SMILES string of the molecule is O=Cc1cccc2c1COC2. The largest absolute Gasteiger partial charge is 0.372 e. The van der Waals surface area contributed by atoms with E-state index in [2.05, 4.69) is 0 Å². The predicted octanol–water partition coefficient (Wildman–Crippen LogP) is 1.53. The van der Waals surface area contributed by atoms with Crippen LogP contribution in [0, 0.1) is 0 Å². The minimum atomic E-state index is 0.588. The molecule has 0 fully saturated rings. The molecule has 0 N–H and O–H groups in total. The first kappa shape index (κ1) is 6.55. The maximum Gasteiger partial charge on any atom is 0.150 e. The average Bonchev–Trinajstić information content (AvgIpc) is 2.50. The Hall–Kier alpha value is -1.15. The molecule has 0 amide bonds. The Balaban J connectivity index is 2.58. The molecule has 0 atom stereocenters. The van der Waals surface area contributed by atoms with E-state index in [0.717, 1.165) is 23.0 Å². The van der Waals surface area contributed by atoms with Crippen LogP contribution in [0.2, 0.25) is 0 Å². The summed E-state index contributed by atoms with van der Waals surface area (Å²) in [7, 11) is 0. The molecule has 1 aromatic rings. The summed E-state index contributed by atoms with van der Waals surface area (Å²) in [6.07, 6.45) is 0.882. The van der Waals surface area contributed by atoms with Crippen molar-refractivity contribution in [3.63, 3.8) is 0 Å². The Morgan fingerprint density at radius 2 is 2.27 bits per heavy atom. The molecule has 1 aromatic carbocycles. The summed E-state index contributed by atoms with van der Waals surface area (Å²) in [5.41, 5.74) is 2.97. The lowest BCUT2D eigenvalue weighted by Gasteiger charge is -1.97. The summed E-state index contributed by atoms with van der Waals surface area (Å²) < 4.78 is 5.20. The lowest BCUT2D eigenvalue weighted by Crippen LogP contribution is -1.89. The second-order valence-corrected chi connectivity index (χ2v) is 2.60. The summed E-state index contributed by atoms with van der Waals surface area (Å²) in [5.74, 6) is 0. The second kappa shape index (κ2) is 2.47. The number of hydrogen-bond acceptors (Lipinski definition) is 2. The molecule has 0 aliphatic carbocycles. The van der Waals surface area contributed by atoms with Gasteiger partial charge in [0.05, 0.1) is 13.2 Å². The molecule has 56 valence electrons. The molecule has 0 unspecified atom stereocenters. The number of hydrogen-bond donors (Lipinski definition) is 0. The highest BCUT2D eigenvalue weighted by atomic mass is 16.5. The average molecular weight is 148 g/mol. The van der Waals surface area contributed by atoms with Crippen molar-refractivity contribution in [2.24, 2.45) is 0 Å². The molecule has 0 radical (unpaired) electrons. The standard InChI is InChI=1S/C9H8O2/c10-4-7-2-1-3-8-5-11-6-9(7)8/h1-4H,5-6H2. The van der Waals surface area contributed by atoms with Gasteiger partial charge in [0.15, 0.2) is 0 Å². The molecule has 2 rings (SSSR count). The molecule has 1 aliphatic rings. The van der Waals surface area contributed by atoms with Gasteiger partial charge in [-0.1, -0.05) is 18.2 Å². The maximum atomic E-state index is 10.5. The van der Waals surface area contributed by atoms with E-state index in [9.17, 15) is 4.79 Å². The summed E-state index contributed by atoms with van der Waals surface area (Å²) in [5, 5.41) is 0. The molecule has 2 nitrogen and oxygen atoms in total. The predicted molar refractivity (Wildman–Crippen MR) is 40.3 cm³/mol. The first-order valence-electron chi connectivity index (χ1n) is 3.55. The minimum absolute atomic E-state index is 0.588. The van der Waals surface area contributed by atoms with Crippen LogP contribution in [0.15, 0.2) is 18.2 Å². The number of fused-ring (bicyclic) bond motifs is 1. The van der Waals surface area contributed by atoms with Crippen molar-refractivity contribution in [2.75, 3.05) is 0 Å². The van der Waals surface area contributed by atoms with Crippen molar-refractivity contribution in [1.82, 2.24) is 0 Å². The number of ether oxygens (including phenoxy) is 1. The van der Waals surface area contributed by atoms with Gasteiger partial charge in [0.1, 0.15) is 6.29 Å². The van der Waals surface area contributed by atoms with E-state index in [1.807, 2.05) is 18.2 Å². The van der Waals surface area contributed by atoms with E-state index in [1.54, 1.807) is 0 Å². The maximum absolute atomic E-state index is 10.5. The topological polar surface area (TPSA) is 26.3 Å². The van der Waals surface area contributed by atoms with Crippen molar-refractivity contribution in [2.45, 2.75) is 13.2 Å². The normalized spacial score (nSPS) is 14.5. The Labute approximate surface area is 64.8 Å². The summed E-state index contributed by atoms with van der Waals surface area (Å²) in [4.78, 5) is 10.5. The van der Waals surface area contributed by atoms with Crippen LogP contribution in [0.25, 0.3) is 0 Å². The van der Waals surface area contributed by atoms with Gasteiger partial charge in [-0.2, -0.15) is 0 Å². The van der Waals surface area contributed by atoms with Crippen LogP contribution in [0.5, 0.6) is 0 Å². The second-order valence-electron chi connectivity index (χ2n) is 2.60. The van der Waals surface area contributed by atoms with Gasteiger partial charge in [-0.05, 0) is 11.1 Å². The van der Waals surface area contributed by atoms with Gasteiger partial charge < -0.3 is 4.74 Å². The molecule has 11 heavy (non-hydrogen) atoms. The van der Waals surface area contributed by atoms with Crippen LogP contribution in [-0.4, -0.2) is 6.29 Å². The van der Waals surface area contributed by atoms with Crippen molar-refractivity contribution in [3.8, 4) is 0 Å². The quantitative estimate of drug-likeness (QED) is 0.564. The molecule has 0 spiro atoms. The fourth-order valence-corrected chi connectivity index (χ4v) is 1.34. The molecular formula is C9H8O2. The zero-order valence-corrected chi connectivity index (χ0v) is 6.04. The highest BCUT2D eigenvalue weighted by Gasteiger charge is 2.13. The number of aldehydes is 1.